The molecule has 0 unspecified atom stereocenters. The Morgan fingerprint density at radius 2 is 1.90 bits per heavy atom. The molecule has 0 spiro atoms. The number of benzene rings is 2. The van der Waals surface area contributed by atoms with E-state index in [2.05, 4.69) is 0 Å². The Morgan fingerprint density at radius 3 is 2.52 bits per heavy atom. The van der Waals surface area contributed by atoms with Crippen molar-refractivity contribution < 1.29 is 12.8 Å². The Hall–Kier alpha value is -1.63. The molecular weight excluding hydrogens is 315 g/mol. The third-order valence-electron chi connectivity index (χ3n) is 2.96. The highest BCUT2D eigenvalue weighted by molar-refractivity contribution is 7.89. The van der Waals surface area contributed by atoms with E-state index in [0.717, 1.165) is 10.4 Å². The van der Waals surface area contributed by atoms with Gasteiger partial charge in [0, 0.05) is 18.6 Å². The van der Waals surface area contributed by atoms with E-state index in [1.165, 1.54) is 19.2 Å². The minimum Gasteiger partial charge on any atom is -0.398 e. The molecule has 0 saturated heterocycles. The minimum atomic E-state index is -4.02. The molecule has 0 fully saturated rings. The van der Waals surface area contributed by atoms with Crippen LogP contribution in [0, 0.1) is 5.82 Å². The molecule has 112 valence electrons. The maximum atomic E-state index is 13.8. The summed E-state index contributed by atoms with van der Waals surface area (Å²) in [5.41, 5.74) is 6.18. The summed E-state index contributed by atoms with van der Waals surface area (Å²) in [7, 11) is -2.66. The van der Waals surface area contributed by atoms with E-state index in [-0.39, 0.29) is 12.2 Å². The van der Waals surface area contributed by atoms with E-state index < -0.39 is 20.7 Å². The normalized spacial score (nSPS) is 11.8. The number of rotatable bonds is 4. The van der Waals surface area contributed by atoms with Crippen LogP contribution in [0.4, 0.5) is 10.1 Å². The Morgan fingerprint density at radius 1 is 1.24 bits per heavy atom. The molecule has 2 aromatic carbocycles. The molecule has 0 bridgehead atoms. The van der Waals surface area contributed by atoms with Crippen LogP contribution < -0.4 is 5.73 Å². The summed E-state index contributed by atoms with van der Waals surface area (Å²) in [4.78, 5) is -0.505. The smallest absolute Gasteiger partial charge is 0.248 e. The van der Waals surface area contributed by atoms with E-state index in [9.17, 15) is 12.8 Å². The second-order valence-electron chi connectivity index (χ2n) is 4.55. The third-order valence-corrected chi connectivity index (χ3v) is 5.09. The zero-order valence-corrected chi connectivity index (χ0v) is 12.8. The molecule has 2 N–H and O–H groups in total. The SMILES string of the molecule is CN(Cc1cccc(Cl)c1)S(=O)(=O)c1c(N)cccc1F. The largest absolute Gasteiger partial charge is 0.398 e. The molecule has 0 radical (unpaired) electrons. The highest BCUT2D eigenvalue weighted by Gasteiger charge is 2.27. The molecule has 0 aliphatic carbocycles. The number of anilines is 1. The monoisotopic (exact) mass is 328 g/mol. The van der Waals surface area contributed by atoms with E-state index in [4.69, 9.17) is 17.3 Å². The molecular formula is C14H14ClFN2O2S. The lowest BCUT2D eigenvalue weighted by Gasteiger charge is -2.19. The van der Waals surface area contributed by atoms with Crippen LogP contribution in [0.5, 0.6) is 0 Å². The van der Waals surface area contributed by atoms with Crippen molar-refractivity contribution in [1.29, 1.82) is 0 Å². The number of nitrogens with zero attached hydrogens (tertiary/aromatic N) is 1. The van der Waals surface area contributed by atoms with Crippen LogP contribution in [0.25, 0.3) is 0 Å². The quantitative estimate of drug-likeness (QED) is 0.878. The predicted molar refractivity (Wildman–Crippen MR) is 80.9 cm³/mol. The van der Waals surface area contributed by atoms with Crippen LogP contribution in [0.15, 0.2) is 47.4 Å². The summed E-state index contributed by atoms with van der Waals surface area (Å²) in [6.45, 7) is 0.0661. The van der Waals surface area contributed by atoms with Crippen molar-refractivity contribution in [3.63, 3.8) is 0 Å². The second-order valence-corrected chi connectivity index (χ2v) is 6.97. The van der Waals surface area contributed by atoms with Gasteiger partial charge in [-0.05, 0) is 29.8 Å². The lowest BCUT2D eigenvalue weighted by Crippen LogP contribution is -2.28. The first-order valence-electron chi connectivity index (χ1n) is 6.07. The Balaban J connectivity index is 2.35. The third kappa shape index (κ3) is 3.34. The average Bonchev–Trinajstić information content (AvgIpc) is 2.38. The second kappa shape index (κ2) is 6.01. The van der Waals surface area contributed by atoms with Gasteiger partial charge in [-0.25, -0.2) is 12.8 Å². The summed E-state index contributed by atoms with van der Waals surface area (Å²) in [5, 5.41) is 0.503. The first-order chi connectivity index (χ1) is 9.82. The minimum absolute atomic E-state index is 0.0661. The standard InChI is InChI=1S/C14H14ClFN2O2S/c1-18(9-10-4-2-5-11(15)8-10)21(19,20)14-12(16)6-3-7-13(14)17/h2-8H,9,17H2,1H3. The van der Waals surface area contributed by atoms with Crippen molar-refractivity contribution >= 4 is 27.3 Å². The average molecular weight is 329 g/mol. The molecule has 0 amide bonds. The van der Waals surface area contributed by atoms with Crippen molar-refractivity contribution in [1.82, 2.24) is 4.31 Å². The number of hydrogen-bond acceptors (Lipinski definition) is 3. The van der Waals surface area contributed by atoms with Gasteiger partial charge in [0.1, 0.15) is 10.7 Å². The first kappa shape index (κ1) is 15.8. The van der Waals surface area contributed by atoms with Gasteiger partial charge in [0.05, 0.1) is 5.69 Å². The molecule has 2 rings (SSSR count). The number of hydrogen-bond donors (Lipinski definition) is 1. The number of halogens is 2. The molecule has 4 nitrogen and oxygen atoms in total. The van der Waals surface area contributed by atoms with Gasteiger partial charge in [0.25, 0.3) is 0 Å². The van der Waals surface area contributed by atoms with Crippen LogP contribution in [0.1, 0.15) is 5.56 Å². The zero-order valence-electron chi connectivity index (χ0n) is 11.3. The summed E-state index contributed by atoms with van der Waals surface area (Å²) >= 11 is 5.86. The molecule has 0 atom stereocenters. The lowest BCUT2D eigenvalue weighted by atomic mass is 10.2. The zero-order chi connectivity index (χ0) is 15.6. The lowest BCUT2D eigenvalue weighted by molar-refractivity contribution is 0.460. The fraction of sp³-hybridized carbons (Fsp3) is 0.143. The van der Waals surface area contributed by atoms with Crippen molar-refractivity contribution in [2.75, 3.05) is 12.8 Å². The maximum absolute atomic E-state index is 13.8. The van der Waals surface area contributed by atoms with E-state index in [0.29, 0.717) is 10.6 Å². The molecule has 21 heavy (non-hydrogen) atoms. The van der Waals surface area contributed by atoms with Crippen molar-refractivity contribution in [2.45, 2.75) is 11.4 Å². The van der Waals surface area contributed by atoms with E-state index in [1.54, 1.807) is 24.3 Å². The van der Waals surface area contributed by atoms with Crippen molar-refractivity contribution in [2.24, 2.45) is 0 Å². The van der Waals surface area contributed by atoms with E-state index in [1.807, 2.05) is 0 Å². The van der Waals surface area contributed by atoms with Gasteiger partial charge in [-0.15, -0.1) is 0 Å². The van der Waals surface area contributed by atoms with Crippen LogP contribution >= 0.6 is 11.6 Å². The first-order valence-corrected chi connectivity index (χ1v) is 7.89. The Kier molecular flexibility index (Phi) is 4.51. The van der Waals surface area contributed by atoms with Gasteiger partial charge < -0.3 is 5.73 Å². The summed E-state index contributed by atoms with van der Waals surface area (Å²) in [6.07, 6.45) is 0. The van der Waals surface area contributed by atoms with Crippen LogP contribution in [0.2, 0.25) is 5.02 Å². The van der Waals surface area contributed by atoms with Crippen LogP contribution in [0.3, 0.4) is 0 Å². The van der Waals surface area contributed by atoms with Gasteiger partial charge >= 0.3 is 0 Å². The van der Waals surface area contributed by atoms with Crippen molar-refractivity contribution in [3.8, 4) is 0 Å². The predicted octanol–water partition coefficient (Wildman–Crippen LogP) is 2.88. The Labute approximate surface area is 128 Å². The summed E-state index contributed by atoms with van der Waals surface area (Å²) in [5.74, 6) is -0.868. The van der Waals surface area contributed by atoms with Gasteiger partial charge in [-0.1, -0.05) is 29.8 Å². The molecule has 2 aromatic rings. The maximum Gasteiger partial charge on any atom is 0.248 e. The van der Waals surface area contributed by atoms with Gasteiger partial charge in [-0.3, -0.25) is 0 Å². The number of nitrogens with two attached hydrogens (primary N) is 1. The molecule has 0 aliphatic rings. The van der Waals surface area contributed by atoms with Crippen LogP contribution in [-0.2, 0) is 16.6 Å². The highest BCUT2D eigenvalue weighted by atomic mass is 35.5. The van der Waals surface area contributed by atoms with Crippen LogP contribution in [-0.4, -0.2) is 19.8 Å². The fourth-order valence-electron chi connectivity index (χ4n) is 1.93. The van der Waals surface area contributed by atoms with E-state index >= 15 is 0 Å². The van der Waals surface area contributed by atoms with Gasteiger partial charge in [0.2, 0.25) is 10.0 Å². The molecule has 0 aromatic heterocycles. The summed E-state index contributed by atoms with van der Waals surface area (Å²) in [6, 6.07) is 10.6. The molecule has 7 heteroatoms. The molecule has 0 saturated carbocycles. The summed E-state index contributed by atoms with van der Waals surface area (Å²) < 4.78 is 39.7. The number of nitrogen functional groups attached to an aromatic ring is 1. The number of sulfonamides is 1. The van der Waals surface area contributed by atoms with Gasteiger partial charge in [-0.2, -0.15) is 4.31 Å². The molecule has 0 aliphatic heterocycles. The van der Waals surface area contributed by atoms with Gasteiger partial charge in [0.15, 0.2) is 0 Å². The Bertz CT molecular complexity index is 745. The highest BCUT2D eigenvalue weighted by Crippen LogP contribution is 2.25. The fourth-order valence-corrected chi connectivity index (χ4v) is 3.45. The topological polar surface area (TPSA) is 63.4 Å². The van der Waals surface area contributed by atoms with Crippen molar-refractivity contribution in [3.05, 3.63) is 58.9 Å². The molecule has 0 heterocycles.